The maximum absolute atomic E-state index is 12.6. The Kier molecular flexibility index (Phi) is 6.33. The molecule has 0 radical (unpaired) electrons. The summed E-state index contributed by atoms with van der Waals surface area (Å²) >= 11 is 6.09. The number of benzene rings is 1. The second-order valence-corrected chi connectivity index (χ2v) is 12.6. The van der Waals surface area contributed by atoms with Crippen LogP contribution in [0.3, 0.4) is 0 Å². The van der Waals surface area contributed by atoms with Crippen molar-refractivity contribution >= 4 is 33.5 Å². The van der Waals surface area contributed by atoms with E-state index in [0.717, 1.165) is 22.1 Å². The minimum Gasteiger partial charge on any atom is -0.452 e. The predicted octanol–water partition coefficient (Wildman–Crippen LogP) is 3.47. The summed E-state index contributed by atoms with van der Waals surface area (Å²) in [4.78, 5) is 25.0. The van der Waals surface area contributed by atoms with Crippen molar-refractivity contribution in [3.8, 4) is 0 Å². The minimum atomic E-state index is -3.73. The molecule has 1 unspecified atom stereocenters. The number of halogens is 1. The van der Waals surface area contributed by atoms with E-state index in [1.54, 1.807) is 0 Å². The molecule has 7 nitrogen and oxygen atoms in total. The van der Waals surface area contributed by atoms with Gasteiger partial charge >= 0.3 is 5.97 Å². The lowest BCUT2D eigenvalue weighted by atomic mass is 9.48. The van der Waals surface area contributed by atoms with E-state index in [-0.39, 0.29) is 32.8 Å². The van der Waals surface area contributed by atoms with Gasteiger partial charge in [0, 0.05) is 20.1 Å². The average molecular weight is 483 g/mol. The number of hydrogen-bond donors (Lipinski definition) is 1. The number of nitrogens with zero attached hydrogens (tertiary/aromatic N) is 1. The van der Waals surface area contributed by atoms with Gasteiger partial charge in [-0.3, -0.25) is 4.79 Å². The van der Waals surface area contributed by atoms with Crippen LogP contribution in [0.5, 0.6) is 0 Å². The molecule has 1 amide bonds. The van der Waals surface area contributed by atoms with E-state index in [9.17, 15) is 18.0 Å². The van der Waals surface area contributed by atoms with Crippen molar-refractivity contribution in [2.75, 3.05) is 20.7 Å². The monoisotopic (exact) mass is 482 g/mol. The lowest BCUT2D eigenvalue weighted by molar-refractivity contribution is -0.128. The van der Waals surface area contributed by atoms with E-state index >= 15 is 0 Å². The summed E-state index contributed by atoms with van der Waals surface area (Å²) in [6, 6.07) is 3.87. The Labute approximate surface area is 194 Å². The molecule has 32 heavy (non-hydrogen) atoms. The molecule has 4 saturated carbocycles. The van der Waals surface area contributed by atoms with Gasteiger partial charge in [0.2, 0.25) is 10.0 Å². The van der Waals surface area contributed by atoms with Crippen LogP contribution >= 0.6 is 11.6 Å². The standard InChI is InChI=1S/C23H31ClN2O5S/c1-14(23-10-15-6-16(11-23)8-17(7-15)12-23)25-21(27)13-31-22(28)19-9-18(4-5-20(19)24)32(29,30)26(2)3/h4-5,9,14-17H,6-8,10-13H2,1-3H3,(H,25,27). The van der Waals surface area contributed by atoms with Crippen molar-refractivity contribution in [2.24, 2.45) is 23.2 Å². The molecular formula is C23H31ClN2O5S. The normalized spacial score (nSPS) is 29.7. The smallest absolute Gasteiger partial charge is 0.340 e. The maximum Gasteiger partial charge on any atom is 0.340 e. The Morgan fingerprint density at radius 2 is 1.72 bits per heavy atom. The average Bonchev–Trinajstić information content (AvgIpc) is 2.71. The van der Waals surface area contributed by atoms with Gasteiger partial charge in [0.1, 0.15) is 0 Å². The molecule has 4 fully saturated rings. The Hall–Kier alpha value is -1.64. The zero-order chi connectivity index (χ0) is 23.3. The van der Waals surface area contributed by atoms with Gasteiger partial charge in [0.25, 0.3) is 5.91 Å². The number of hydrogen-bond acceptors (Lipinski definition) is 5. The Balaban J connectivity index is 1.37. The largest absolute Gasteiger partial charge is 0.452 e. The van der Waals surface area contributed by atoms with E-state index < -0.39 is 22.6 Å². The van der Waals surface area contributed by atoms with Gasteiger partial charge in [-0.1, -0.05) is 11.6 Å². The molecule has 9 heteroatoms. The summed E-state index contributed by atoms with van der Waals surface area (Å²) in [6.07, 6.45) is 7.51. The van der Waals surface area contributed by atoms with E-state index in [2.05, 4.69) is 12.2 Å². The highest BCUT2D eigenvalue weighted by atomic mass is 35.5. The number of nitrogens with one attached hydrogen (secondary N) is 1. The Morgan fingerprint density at radius 3 is 2.25 bits per heavy atom. The fourth-order valence-electron chi connectivity index (χ4n) is 6.39. The molecule has 0 aromatic heterocycles. The third-order valence-corrected chi connectivity index (χ3v) is 9.79. The van der Waals surface area contributed by atoms with Crippen molar-refractivity contribution in [2.45, 2.75) is 56.4 Å². The number of sulfonamides is 1. The molecule has 0 saturated heterocycles. The van der Waals surface area contributed by atoms with Crippen LogP contribution < -0.4 is 5.32 Å². The third-order valence-electron chi connectivity index (χ3n) is 7.65. The molecule has 1 aromatic rings. The first-order valence-electron chi connectivity index (χ1n) is 11.2. The molecule has 5 rings (SSSR count). The minimum absolute atomic E-state index is 0.0271. The maximum atomic E-state index is 12.6. The van der Waals surface area contributed by atoms with Gasteiger partial charge in [-0.15, -0.1) is 0 Å². The Morgan fingerprint density at radius 1 is 1.16 bits per heavy atom. The van der Waals surface area contributed by atoms with Crippen molar-refractivity contribution in [1.29, 1.82) is 0 Å². The molecular weight excluding hydrogens is 452 g/mol. The summed E-state index contributed by atoms with van der Waals surface area (Å²) in [6.45, 7) is 1.63. The van der Waals surface area contributed by atoms with Gasteiger partial charge in [-0.25, -0.2) is 17.5 Å². The first-order chi connectivity index (χ1) is 15.0. The lowest BCUT2D eigenvalue weighted by Gasteiger charge is -2.59. The summed E-state index contributed by atoms with van der Waals surface area (Å²) in [5, 5.41) is 3.12. The second kappa shape index (κ2) is 8.61. The third kappa shape index (κ3) is 4.41. The van der Waals surface area contributed by atoms with Gasteiger partial charge in [-0.2, -0.15) is 0 Å². The van der Waals surface area contributed by atoms with Gasteiger partial charge in [-0.05, 0) is 86.8 Å². The second-order valence-electron chi connectivity index (χ2n) is 10.1. The van der Waals surface area contributed by atoms with Crippen LogP contribution in [-0.4, -0.2) is 51.3 Å². The van der Waals surface area contributed by atoms with Crippen molar-refractivity contribution in [3.63, 3.8) is 0 Å². The van der Waals surface area contributed by atoms with Crippen LogP contribution in [0.15, 0.2) is 23.1 Å². The number of rotatable bonds is 7. The van der Waals surface area contributed by atoms with E-state index in [1.807, 2.05) is 0 Å². The van der Waals surface area contributed by atoms with E-state index in [4.69, 9.17) is 16.3 Å². The quantitative estimate of drug-likeness (QED) is 0.601. The first kappa shape index (κ1) is 23.5. The zero-order valence-corrected chi connectivity index (χ0v) is 20.3. The summed E-state index contributed by atoms with van der Waals surface area (Å²) in [7, 11) is -0.931. The SMILES string of the molecule is CC(NC(=O)COC(=O)c1cc(S(=O)(=O)N(C)C)ccc1Cl)C12CC3CC(CC(C3)C1)C2. The molecule has 4 aliphatic carbocycles. The molecule has 0 heterocycles. The molecule has 176 valence electrons. The number of carbonyl (C=O) groups excluding carboxylic acids is 2. The molecule has 1 atom stereocenters. The predicted molar refractivity (Wildman–Crippen MR) is 121 cm³/mol. The molecule has 0 spiro atoms. The van der Waals surface area contributed by atoms with Crippen LogP contribution in [0.25, 0.3) is 0 Å². The number of carbonyl (C=O) groups is 2. The number of esters is 1. The summed E-state index contributed by atoms with van der Waals surface area (Å²) in [5.74, 6) is 1.17. The van der Waals surface area contributed by atoms with Crippen molar-refractivity contribution in [1.82, 2.24) is 9.62 Å². The van der Waals surface area contributed by atoms with Crippen LogP contribution in [0.1, 0.15) is 55.8 Å². The zero-order valence-electron chi connectivity index (χ0n) is 18.8. The summed E-state index contributed by atoms with van der Waals surface area (Å²) < 4.78 is 30.9. The molecule has 1 aromatic carbocycles. The molecule has 4 aliphatic rings. The topological polar surface area (TPSA) is 92.8 Å². The van der Waals surface area contributed by atoms with Crippen molar-refractivity contribution in [3.05, 3.63) is 28.8 Å². The highest BCUT2D eigenvalue weighted by molar-refractivity contribution is 7.89. The van der Waals surface area contributed by atoms with Gasteiger partial charge in [0.15, 0.2) is 6.61 Å². The molecule has 0 aliphatic heterocycles. The van der Waals surface area contributed by atoms with Gasteiger partial charge in [0.05, 0.1) is 15.5 Å². The van der Waals surface area contributed by atoms with Crippen LogP contribution in [0.4, 0.5) is 0 Å². The highest BCUT2D eigenvalue weighted by Crippen LogP contribution is 2.61. The van der Waals surface area contributed by atoms with Crippen LogP contribution in [0.2, 0.25) is 5.02 Å². The van der Waals surface area contributed by atoms with E-state index in [0.29, 0.717) is 0 Å². The van der Waals surface area contributed by atoms with Gasteiger partial charge < -0.3 is 10.1 Å². The van der Waals surface area contributed by atoms with Crippen LogP contribution in [0, 0.1) is 23.2 Å². The highest BCUT2D eigenvalue weighted by Gasteiger charge is 2.53. The molecule has 4 bridgehead atoms. The first-order valence-corrected chi connectivity index (χ1v) is 13.0. The number of amides is 1. The Bertz CT molecular complexity index is 988. The summed E-state index contributed by atoms with van der Waals surface area (Å²) in [5.41, 5.74) is 0.0728. The molecule has 1 N–H and O–H groups in total. The van der Waals surface area contributed by atoms with Crippen LogP contribution in [-0.2, 0) is 19.6 Å². The number of ether oxygens (including phenoxy) is 1. The van der Waals surface area contributed by atoms with E-state index in [1.165, 1.54) is 70.8 Å². The lowest BCUT2D eigenvalue weighted by Crippen LogP contribution is -2.56. The van der Waals surface area contributed by atoms with Crippen molar-refractivity contribution < 1.29 is 22.7 Å². The fourth-order valence-corrected chi connectivity index (χ4v) is 7.51. The fraction of sp³-hybridized carbons (Fsp3) is 0.652.